The Morgan fingerprint density at radius 3 is 2.00 bits per heavy atom. The molecule has 0 spiro atoms. The molecule has 1 N–H and O–H groups in total. The first-order chi connectivity index (χ1) is 16.7. The van der Waals surface area contributed by atoms with E-state index in [1.165, 1.54) is 34.8 Å². The van der Waals surface area contributed by atoms with Gasteiger partial charge in [0, 0.05) is 32.2 Å². The monoisotopic (exact) mass is 448 g/mol. The van der Waals surface area contributed by atoms with Gasteiger partial charge in [0.2, 0.25) is 5.91 Å². The fourth-order valence-corrected chi connectivity index (χ4v) is 5.23. The van der Waals surface area contributed by atoms with E-state index in [9.17, 15) is 4.79 Å². The van der Waals surface area contributed by atoms with Crippen molar-refractivity contribution in [3.8, 4) is 0 Å². The lowest BCUT2D eigenvalue weighted by Gasteiger charge is -2.29. The van der Waals surface area contributed by atoms with Crippen LogP contribution in [0.1, 0.15) is 47.6 Å². The van der Waals surface area contributed by atoms with E-state index in [-0.39, 0.29) is 5.91 Å². The van der Waals surface area contributed by atoms with Crippen molar-refractivity contribution in [2.75, 3.05) is 25.0 Å². The second-order valence-electron chi connectivity index (χ2n) is 9.30. The van der Waals surface area contributed by atoms with Crippen molar-refractivity contribution < 1.29 is 4.79 Å². The molecule has 34 heavy (non-hydrogen) atoms. The van der Waals surface area contributed by atoms with Gasteiger partial charge in [0.05, 0.1) is 0 Å². The molecule has 0 aromatic heterocycles. The number of likely N-dealkylation sites (tertiary alicyclic amines) is 1. The van der Waals surface area contributed by atoms with Crippen LogP contribution in [0.5, 0.6) is 0 Å². The molecule has 1 fully saturated rings. The van der Waals surface area contributed by atoms with Crippen LogP contribution >= 0.6 is 0 Å². The number of hydrogen-bond acceptors (Lipinski definition) is 2. The maximum Gasteiger partial charge on any atom is 0.221 e. The van der Waals surface area contributed by atoms with Gasteiger partial charge in [-0.2, -0.15) is 0 Å². The Morgan fingerprint density at radius 2 is 1.41 bits per heavy atom. The summed E-state index contributed by atoms with van der Waals surface area (Å²) in [7, 11) is 0. The molecule has 1 heterocycles. The topological polar surface area (TPSA) is 32.3 Å². The lowest BCUT2D eigenvalue weighted by atomic mass is 9.86. The van der Waals surface area contributed by atoms with E-state index in [1.807, 2.05) is 24.3 Å². The number of nitrogens with zero attached hydrogens (tertiary/aromatic N) is 1. The predicted molar refractivity (Wildman–Crippen MR) is 142 cm³/mol. The fraction of sp³-hybridized carbons (Fsp3) is 0.258. The highest BCUT2D eigenvalue weighted by Crippen LogP contribution is 2.38. The number of fused-ring (bicyclic) bond motifs is 2. The number of piperidine rings is 1. The van der Waals surface area contributed by atoms with Crippen LogP contribution < -0.4 is 5.32 Å². The van der Waals surface area contributed by atoms with E-state index in [1.54, 1.807) is 5.57 Å². The summed E-state index contributed by atoms with van der Waals surface area (Å²) < 4.78 is 0. The summed E-state index contributed by atoms with van der Waals surface area (Å²) in [5, 5.41) is 2.81. The summed E-state index contributed by atoms with van der Waals surface area (Å²) in [4.78, 5) is 13.7. The zero-order chi connectivity index (χ0) is 23.3. The molecule has 0 radical (unpaired) electrons. The number of carbonyl (C=O) groups is 1. The summed E-state index contributed by atoms with van der Waals surface area (Å²) >= 11 is 0. The van der Waals surface area contributed by atoms with E-state index in [2.05, 4.69) is 70.9 Å². The van der Waals surface area contributed by atoms with Gasteiger partial charge in [-0.15, -0.1) is 0 Å². The molecule has 1 saturated heterocycles. The molecule has 1 aliphatic carbocycles. The lowest BCUT2D eigenvalue weighted by molar-refractivity contribution is -0.114. The van der Waals surface area contributed by atoms with Crippen LogP contribution in [0.2, 0.25) is 0 Å². The number of carbonyl (C=O) groups excluding carboxylic acids is 1. The van der Waals surface area contributed by atoms with Crippen LogP contribution in [0.4, 0.5) is 5.69 Å². The first-order valence-electron chi connectivity index (χ1n) is 12.3. The third-order valence-corrected chi connectivity index (χ3v) is 6.96. The predicted octanol–water partition coefficient (Wildman–Crippen LogP) is 6.35. The number of hydrogen-bond donors (Lipinski definition) is 1. The Bertz CT molecular complexity index is 1180. The number of nitrogens with one attached hydrogen (secondary N) is 1. The summed E-state index contributed by atoms with van der Waals surface area (Å²) in [5.41, 5.74) is 10.9. The molecule has 3 heteroatoms. The Kier molecular flexibility index (Phi) is 6.73. The quantitative estimate of drug-likeness (QED) is 0.504. The van der Waals surface area contributed by atoms with Gasteiger partial charge in [-0.05, 0) is 71.2 Å². The zero-order valence-corrected chi connectivity index (χ0v) is 19.9. The largest absolute Gasteiger partial charge is 0.326 e. The van der Waals surface area contributed by atoms with Crippen LogP contribution in [0.25, 0.3) is 11.6 Å². The summed E-state index contributed by atoms with van der Waals surface area (Å²) in [6, 6.07) is 26.0. The third-order valence-electron chi connectivity index (χ3n) is 6.96. The van der Waals surface area contributed by atoms with E-state index in [0.717, 1.165) is 56.6 Å². The minimum atomic E-state index is -0.0430. The Labute approximate surface area is 202 Å². The number of anilines is 1. The Morgan fingerprint density at radius 1 is 0.824 bits per heavy atom. The highest BCUT2D eigenvalue weighted by molar-refractivity contribution is 5.88. The number of rotatable bonds is 4. The molecule has 3 aromatic rings. The lowest BCUT2D eigenvalue weighted by Crippen LogP contribution is -2.31. The molecule has 1 aliphatic heterocycles. The number of amides is 1. The van der Waals surface area contributed by atoms with Crippen LogP contribution in [0.3, 0.4) is 0 Å². The van der Waals surface area contributed by atoms with Crippen LogP contribution in [-0.4, -0.2) is 30.4 Å². The molecule has 3 nitrogen and oxygen atoms in total. The van der Waals surface area contributed by atoms with Crippen LogP contribution in [0.15, 0.2) is 84.4 Å². The highest BCUT2D eigenvalue weighted by atomic mass is 16.1. The molecule has 5 rings (SSSR count). The van der Waals surface area contributed by atoms with Gasteiger partial charge < -0.3 is 5.32 Å². The van der Waals surface area contributed by atoms with E-state index in [4.69, 9.17) is 0 Å². The molecule has 0 saturated carbocycles. The average molecular weight is 449 g/mol. The first kappa shape index (κ1) is 22.4. The van der Waals surface area contributed by atoms with E-state index >= 15 is 0 Å². The Hall–Kier alpha value is -3.43. The zero-order valence-electron chi connectivity index (χ0n) is 19.9. The highest BCUT2D eigenvalue weighted by Gasteiger charge is 2.23. The van der Waals surface area contributed by atoms with E-state index < -0.39 is 0 Å². The van der Waals surface area contributed by atoms with Crippen molar-refractivity contribution >= 4 is 23.2 Å². The minimum Gasteiger partial charge on any atom is -0.326 e. The van der Waals surface area contributed by atoms with Crippen molar-refractivity contribution in [1.82, 2.24) is 4.90 Å². The molecule has 1 amide bonds. The maximum absolute atomic E-state index is 11.2. The molecule has 3 aromatic carbocycles. The van der Waals surface area contributed by atoms with E-state index in [0.29, 0.717) is 0 Å². The molecule has 0 atom stereocenters. The number of aryl methyl sites for hydroxylation is 2. The smallest absolute Gasteiger partial charge is 0.221 e. The van der Waals surface area contributed by atoms with Crippen molar-refractivity contribution in [1.29, 1.82) is 0 Å². The van der Waals surface area contributed by atoms with Crippen molar-refractivity contribution in [3.05, 3.63) is 112 Å². The second-order valence-corrected chi connectivity index (χ2v) is 9.30. The van der Waals surface area contributed by atoms with Gasteiger partial charge in [-0.3, -0.25) is 9.69 Å². The van der Waals surface area contributed by atoms with Gasteiger partial charge in [0.15, 0.2) is 0 Å². The second kappa shape index (κ2) is 10.2. The number of benzene rings is 3. The third kappa shape index (κ3) is 5.05. The summed E-state index contributed by atoms with van der Waals surface area (Å²) in [5.74, 6) is -0.0430. The van der Waals surface area contributed by atoms with Crippen LogP contribution in [-0.2, 0) is 17.6 Å². The molecule has 0 bridgehead atoms. The van der Waals surface area contributed by atoms with Gasteiger partial charge in [-0.25, -0.2) is 0 Å². The maximum atomic E-state index is 11.2. The molecular formula is C31H32N2O. The van der Waals surface area contributed by atoms with Gasteiger partial charge in [-0.1, -0.05) is 78.4 Å². The first-order valence-corrected chi connectivity index (χ1v) is 12.3. The average Bonchev–Trinajstić information content (AvgIpc) is 3.02. The van der Waals surface area contributed by atoms with Crippen molar-refractivity contribution in [3.63, 3.8) is 0 Å². The standard InChI is InChI=1S/C31H32N2O/c1-23(34)32-28-16-12-24(13-17-28)7-6-20-33-21-18-27(19-22-33)31-29-10-4-2-8-25(29)14-15-26-9-3-5-11-30(26)31/h2-13,16-17H,14-15,18-22H2,1H3,(H,32,34). The van der Waals surface area contributed by atoms with Crippen molar-refractivity contribution in [2.45, 2.75) is 32.6 Å². The molecular weight excluding hydrogens is 416 g/mol. The van der Waals surface area contributed by atoms with Crippen LogP contribution in [0, 0.1) is 0 Å². The minimum absolute atomic E-state index is 0.0430. The van der Waals surface area contributed by atoms with Gasteiger partial charge >= 0.3 is 0 Å². The Balaban J connectivity index is 1.28. The summed E-state index contributed by atoms with van der Waals surface area (Å²) in [6.45, 7) is 4.67. The molecule has 172 valence electrons. The normalized spacial score (nSPS) is 16.1. The van der Waals surface area contributed by atoms with Gasteiger partial charge in [0.1, 0.15) is 0 Å². The van der Waals surface area contributed by atoms with Crippen molar-refractivity contribution in [2.24, 2.45) is 0 Å². The fourth-order valence-electron chi connectivity index (χ4n) is 5.23. The van der Waals surface area contributed by atoms with Gasteiger partial charge in [0.25, 0.3) is 0 Å². The SMILES string of the molecule is CC(=O)Nc1ccc(C=CCN2CCC(=C3c4ccccc4CCc4ccccc43)CC2)cc1. The molecule has 2 aliphatic rings. The molecule has 0 unspecified atom stereocenters. The summed E-state index contributed by atoms with van der Waals surface area (Å²) in [6.07, 6.45) is 8.90.